The van der Waals surface area contributed by atoms with Crippen LogP contribution in [0.2, 0.25) is 5.02 Å². The summed E-state index contributed by atoms with van der Waals surface area (Å²) in [5, 5.41) is 0.713. The molecule has 1 atom stereocenters. The molecule has 1 amide bonds. The number of amides is 1. The Morgan fingerprint density at radius 1 is 1.30 bits per heavy atom. The summed E-state index contributed by atoms with van der Waals surface area (Å²) in [7, 11) is 1.87. The van der Waals surface area contributed by atoms with Gasteiger partial charge in [-0.15, -0.1) is 0 Å². The molecule has 0 saturated heterocycles. The van der Waals surface area contributed by atoms with Gasteiger partial charge in [-0.05, 0) is 44.2 Å². The summed E-state index contributed by atoms with van der Waals surface area (Å²) in [4.78, 5) is 14.4. The van der Waals surface area contributed by atoms with Gasteiger partial charge in [0, 0.05) is 24.0 Å². The molecule has 1 aliphatic carbocycles. The van der Waals surface area contributed by atoms with E-state index in [2.05, 4.69) is 0 Å². The van der Waals surface area contributed by atoms with Gasteiger partial charge < -0.3 is 10.6 Å². The molecule has 0 bridgehead atoms. The fourth-order valence-corrected chi connectivity index (χ4v) is 3.16. The number of halogens is 1. The Labute approximate surface area is 126 Å². The maximum Gasteiger partial charge on any atom is 0.225 e. The van der Waals surface area contributed by atoms with E-state index < -0.39 is 0 Å². The minimum absolute atomic E-state index is 0.00759. The highest BCUT2D eigenvalue weighted by atomic mass is 35.5. The number of nitrogens with two attached hydrogens (primary N) is 1. The third kappa shape index (κ3) is 3.33. The summed E-state index contributed by atoms with van der Waals surface area (Å²) in [6, 6.07) is 7.97. The topological polar surface area (TPSA) is 46.3 Å². The molecule has 1 aromatic rings. The van der Waals surface area contributed by atoms with Crippen molar-refractivity contribution in [2.45, 2.75) is 44.7 Å². The van der Waals surface area contributed by atoms with E-state index in [1.807, 2.05) is 43.1 Å². The Morgan fingerprint density at radius 3 is 2.50 bits per heavy atom. The lowest BCUT2D eigenvalue weighted by atomic mass is 9.85. The van der Waals surface area contributed by atoms with Crippen LogP contribution >= 0.6 is 11.6 Å². The molecule has 0 radical (unpaired) electrons. The van der Waals surface area contributed by atoms with E-state index in [-0.39, 0.29) is 23.9 Å². The molecule has 110 valence electrons. The van der Waals surface area contributed by atoms with Gasteiger partial charge in [-0.25, -0.2) is 0 Å². The number of carbonyl (C=O) groups is 1. The molecule has 2 N–H and O–H groups in total. The van der Waals surface area contributed by atoms with E-state index in [0.29, 0.717) is 5.02 Å². The quantitative estimate of drug-likeness (QED) is 0.929. The zero-order valence-electron chi connectivity index (χ0n) is 12.2. The van der Waals surface area contributed by atoms with Crippen LogP contribution in [0.1, 0.15) is 44.2 Å². The molecular weight excluding hydrogens is 272 g/mol. The Bertz CT molecular complexity index is 469. The average molecular weight is 295 g/mol. The molecule has 0 heterocycles. The van der Waals surface area contributed by atoms with E-state index in [9.17, 15) is 4.79 Å². The van der Waals surface area contributed by atoms with E-state index >= 15 is 0 Å². The second-order valence-electron chi connectivity index (χ2n) is 5.76. The molecule has 20 heavy (non-hydrogen) atoms. The van der Waals surface area contributed by atoms with E-state index in [1.165, 1.54) is 0 Å². The summed E-state index contributed by atoms with van der Waals surface area (Å²) in [5.41, 5.74) is 6.90. The fraction of sp³-hybridized carbons (Fsp3) is 0.562. The maximum atomic E-state index is 12.6. The van der Waals surface area contributed by atoms with Crippen LogP contribution in [0.25, 0.3) is 0 Å². The van der Waals surface area contributed by atoms with Gasteiger partial charge in [0.05, 0.1) is 6.04 Å². The summed E-state index contributed by atoms with van der Waals surface area (Å²) in [5.74, 6) is 0.328. The number of rotatable bonds is 3. The highest BCUT2D eigenvalue weighted by Gasteiger charge is 2.29. The lowest BCUT2D eigenvalue weighted by Crippen LogP contribution is -2.38. The Hall–Kier alpha value is -1.06. The Balaban J connectivity index is 2.05. The first kappa shape index (κ1) is 15.3. The number of benzene rings is 1. The molecule has 0 aliphatic heterocycles. The molecule has 1 fully saturated rings. The first-order valence-electron chi connectivity index (χ1n) is 7.27. The van der Waals surface area contributed by atoms with Crippen molar-refractivity contribution < 1.29 is 4.79 Å². The second kappa shape index (κ2) is 6.59. The molecule has 2 rings (SSSR count). The van der Waals surface area contributed by atoms with Crippen LogP contribution in [0, 0.1) is 5.92 Å². The van der Waals surface area contributed by atoms with Crippen LogP contribution < -0.4 is 5.73 Å². The van der Waals surface area contributed by atoms with Gasteiger partial charge in [-0.3, -0.25) is 4.79 Å². The molecule has 0 aromatic heterocycles. The van der Waals surface area contributed by atoms with Crippen LogP contribution in [0.4, 0.5) is 0 Å². The lowest BCUT2D eigenvalue weighted by molar-refractivity contribution is -0.137. The van der Waals surface area contributed by atoms with Crippen molar-refractivity contribution >= 4 is 17.5 Å². The summed E-state index contributed by atoms with van der Waals surface area (Å²) >= 11 is 6.22. The average Bonchev–Trinajstić information content (AvgIpc) is 2.46. The van der Waals surface area contributed by atoms with Crippen molar-refractivity contribution in [1.29, 1.82) is 0 Å². The van der Waals surface area contributed by atoms with Crippen LogP contribution in [-0.2, 0) is 4.79 Å². The van der Waals surface area contributed by atoms with Gasteiger partial charge in [0.25, 0.3) is 0 Å². The minimum Gasteiger partial charge on any atom is -0.339 e. The van der Waals surface area contributed by atoms with Gasteiger partial charge in [0.1, 0.15) is 0 Å². The Kier molecular flexibility index (Phi) is 5.06. The number of nitrogens with zero attached hydrogens (tertiary/aromatic N) is 1. The fourth-order valence-electron chi connectivity index (χ4n) is 2.87. The van der Waals surface area contributed by atoms with Gasteiger partial charge in [-0.1, -0.05) is 29.8 Å². The molecule has 0 spiro atoms. The predicted octanol–water partition coefficient (Wildman–Crippen LogP) is 3.38. The standard InChI is InChI=1S/C16H23ClN2O/c1-11(14-5-3-4-6-15(14)17)19(2)16(20)12-7-9-13(18)10-8-12/h3-6,11-13H,7-10,18H2,1-2H3. The van der Waals surface area contributed by atoms with Crippen LogP contribution in [0.3, 0.4) is 0 Å². The third-order valence-electron chi connectivity index (χ3n) is 4.40. The molecule has 3 nitrogen and oxygen atoms in total. The highest BCUT2D eigenvalue weighted by molar-refractivity contribution is 6.31. The van der Waals surface area contributed by atoms with E-state index in [1.54, 1.807) is 0 Å². The second-order valence-corrected chi connectivity index (χ2v) is 6.17. The summed E-state index contributed by atoms with van der Waals surface area (Å²) in [6.07, 6.45) is 3.70. The predicted molar refractivity (Wildman–Crippen MR) is 82.6 cm³/mol. The monoisotopic (exact) mass is 294 g/mol. The van der Waals surface area contributed by atoms with Crippen molar-refractivity contribution in [3.63, 3.8) is 0 Å². The number of carbonyl (C=O) groups excluding carboxylic acids is 1. The van der Waals surface area contributed by atoms with Gasteiger partial charge in [0.2, 0.25) is 5.91 Å². The smallest absolute Gasteiger partial charge is 0.225 e. The van der Waals surface area contributed by atoms with Gasteiger partial charge >= 0.3 is 0 Å². The Morgan fingerprint density at radius 2 is 1.90 bits per heavy atom. The molecule has 4 heteroatoms. The zero-order chi connectivity index (χ0) is 14.7. The molecule has 1 aliphatic rings. The largest absolute Gasteiger partial charge is 0.339 e. The first-order valence-corrected chi connectivity index (χ1v) is 7.65. The molecular formula is C16H23ClN2O. The van der Waals surface area contributed by atoms with Gasteiger partial charge in [-0.2, -0.15) is 0 Å². The lowest BCUT2D eigenvalue weighted by Gasteiger charge is -2.32. The third-order valence-corrected chi connectivity index (χ3v) is 4.75. The normalized spacial score (nSPS) is 24.2. The summed E-state index contributed by atoms with van der Waals surface area (Å²) < 4.78 is 0. The van der Waals surface area contributed by atoms with E-state index in [0.717, 1.165) is 31.2 Å². The molecule has 1 unspecified atom stereocenters. The zero-order valence-corrected chi connectivity index (χ0v) is 12.9. The van der Waals surface area contributed by atoms with Crippen molar-refractivity contribution in [3.05, 3.63) is 34.9 Å². The van der Waals surface area contributed by atoms with Crippen molar-refractivity contribution in [1.82, 2.24) is 4.90 Å². The maximum absolute atomic E-state index is 12.6. The van der Waals surface area contributed by atoms with Crippen LogP contribution in [-0.4, -0.2) is 23.9 Å². The first-order chi connectivity index (χ1) is 9.50. The van der Waals surface area contributed by atoms with Gasteiger partial charge in [0.15, 0.2) is 0 Å². The SMILES string of the molecule is CC(c1ccccc1Cl)N(C)C(=O)C1CCC(N)CC1. The van der Waals surface area contributed by atoms with Crippen molar-refractivity contribution in [2.24, 2.45) is 11.7 Å². The van der Waals surface area contributed by atoms with E-state index in [4.69, 9.17) is 17.3 Å². The highest BCUT2D eigenvalue weighted by Crippen LogP contribution is 2.30. The minimum atomic E-state index is -0.00759. The number of hydrogen-bond donors (Lipinski definition) is 1. The van der Waals surface area contributed by atoms with Crippen molar-refractivity contribution in [3.8, 4) is 0 Å². The molecule has 1 aromatic carbocycles. The number of hydrogen-bond acceptors (Lipinski definition) is 2. The van der Waals surface area contributed by atoms with Crippen LogP contribution in [0.15, 0.2) is 24.3 Å². The summed E-state index contributed by atoms with van der Waals surface area (Å²) in [6.45, 7) is 2.02. The molecule has 1 saturated carbocycles. The van der Waals surface area contributed by atoms with Crippen LogP contribution in [0.5, 0.6) is 0 Å². The van der Waals surface area contributed by atoms with Crippen molar-refractivity contribution in [2.75, 3.05) is 7.05 Å².